The van der Waals surface area contributed by atoms with Gasteiger partial charge in [0, 0.05) is 0 Å². The van der Waals surface area contributed by atoms with Gasteiger partial charge in [-0.2, -0.15) is 0 Å². The molecule has 0 aliphatic heterocycles. The SMILES string of the molecule is COC(=O)c1ccc(N[O])cc1. The van der Waals surface area contributed by atoms with E-state index in [4.69, 9.17) is 0 Å². The number of anilines is 1. The van der Waals surface area contributed by atoms with E-state index in [0.29, 0.717) is 11.3 Å². The number of carbonyl (C=O) groups is 1. The van der Waals surface area contributed by atoms with E-state index < -0.39 is 5.97 Å². The zero-order chi connectivity index (χ0) is 8.97. The van der Waals surface area contributed by atoms with E-state index in [1.165, 1.54) is 31.4 Å². The lowest BCUT2D eigenvalue weighted by Gasteiger charge is -1.99. The fraction of sp³-hybridized carbons (Fsp3) is 0.125. The maximum Gasteiger partial charge on any atom is 0.337 e. The van der Waals surface area contributed by atoms with Crippen molar-refractivity contribution in [3.63, 3.8) is 0 Å². The lowest BCUT2D eigenvalue weighted by atomic mass is 10.2. The Kier molecular flexibility index (Phi) is 2.66. The van der Waals surface area contributed by atoms with E-state index >= 15 is 0 Å². The number of nitrogens with one attached hydrogen (secondary N) is 1. The Bertz CT molecular complexity index is 268. The monoisotopic (exact) mass is 166 g/mol. The van der Waals surface area contributed by atoms with Gasteiger partial charge in [0.05, 0.1) is 18.4 Å². The number of benzene rings is 1. The molecule has 0 spiro atoms. The average Bonchev–Trinajstić information content (AvgIpc) is 2.17. The third kappa shape index (κ3) is 1.73. The normalized spacial score (nSPS) is 9.17. The summed E-state index contributed by atoms with van der Waals surface area (Å²) < 4.78 is 4.47. The smallest absolute Gasteiger partial charge is 0.337 e. The molecule has 0 aromatic heterocycles. The van der Waals surface area contributed by atoms with Gasteiger partial charge in [0.15, 0.2) is 0 Å². The third-order valence-electron chi connectivity index (χ3n) is 1.42. The second-order valence-electron chi connectivity index (χ2n) is 2.17. The van der Waals surface area contributed by atoms with Crippen molar-refractivity contribution >= 4 is 11.7 Å². The maximum absolute atomic E-state index is 10.9. The molecule has 12 heavy (non-hydrogen) atoms. The molecule has 0 atom stereocenters. The summed E-state index contributed by atoms with van der Waals surface area (Å²) >= 11 is 0. The lowest BCUT2D eigenvalue weighted by molar-refractivity contribution is 0.0600. The highest BCUT2D eigenvalue weighted by Crippen LogP contribution is 2.08. The van der Waals surface area contributed by atoms with Crippen LogP contribution in [0.5, 0.6) is 0 Å². The minimum absolute atomic E-state index is 0.410. The number of ether oxygens (including phenoxy) is 1. The van der Waals surface area contributed by atoms with Crippen molar-refractivity contribution in [3.8, 4) is 0 Å². The predicted molar refractivity (Wildman–Crippen MR) is 42.1 cm³/mol. The molecule has 63 valence electrons. The molecule has 1 rings (SSSR count). The lowest BCUT2D eigenvalue weighted by Crippen LogP contribution is -2.00. The highest BCUT2D eigenvalue weighted by molar-refractivity contribution is 5.89. The molecule has 0 unspecified atom stereocenters. The molecule has 0 saturated carbocycles. The zero-order valence-corrected chi connectivity index (χ0v) is 6.53. The number of methoxy groups -OCH3 is 1. The highest BCUT2D eigenvalue weighted by atomic mass is 16.5. The first-order valence-corrected chi connectivity index (χ1v) is 3.34. The van der Waals surface area contributed by atoms with Crippen molar-refractivity contribution in [2.24, 2.45) is 0 Å². The zero-order valence-electron chi connectivity index (χ0n) is 6.53. The minimum Gasteiger partial charge on any atom is -0.465 e. The largest absolute Gasteiger partial charge is 0.465 e. The summed E-state index contributed by atoms with van der Waals surface area (Å²) in [6.45, 7) is 0. The van der Waals surface area contributed by atoms with Crippen LogP contribution >= 0.6 is 0 Å². The van der Waals surface area contributed by atoms with Crippen LogP contribution in [0.1, 0.15) is 10.4 Å². The first-order valence-electron chi connectivity index (χ1n) is 3.34. The molecule has 1 radical (unpaired) electrons. The van der Waals surface area contributed by atoms with Gasteiger partial charge in [-0.15, -0.1) is 0 Å². The van der Waals surface area contributed by atoms with Crippen LogP contribution in [-0.4, -0.2) is 13.1 Å². The van der Waals surface area contributed by atoms with Gasteiger partial charge >= 0.3 is 5.97 Å². The highest BCUT2D eigenvalue weighted by Gasteiger charge is 2.03. The van der Waals surface area contributed by atoms with Crippen LogP contribution < -0.4 is 5.48 Å². The van der Waals surface area contributed by atoms with Gasteiger partial charge in [-0.25, -0.2) is 10.3 Å². The molecule has 1 aromatic rings. The number of hydrogen-bond donors (Lipinski definition) is 1. The minimum atomic E-state index is -0.410. The summed E-state index contributed by atoms with van der Waals surface area (Å²) in [5.41, 5.74) is 2.56. The molecule has 0 heterocycles. The summed E-state index contributed by atoms with van der Waals surface area (Å²) in [5.74, 6) is -0.410. The van der Waals surface area contributed by atoms with Crippen LogP contribution in [0.3, 0.4) is 0 Å². The van der Waals surface area contributed by atoms with Crippen LogP contribution in [-0.2, 0) is 9.94 Å². The fourth-order valence-electron chi connectivity index (χ4n) is 0.792. The van der Waals surface area contributed by atoms with Gasteiger partial charge in [0.1, 0.15) is 0 Å². The summed E-state index contributed by atoms with van der Waals surface area (Å²) in [5, 5.41) is 10.1. The van der Waals surface area contributed by atoms with Crippen LogP contribution in [0.4, 0.5) is 5.69 Å². The Morgan fingerprint density at radius 3 is 2.33 bits per heavy atom. The molecule has 0 aliphatic carbocycles. The standard InChI is InChI=1S/C8H8NO3/c1-12-8(10)6-2-4-7(9-11)5-3-6/h2-5,9H,1H3. The van der Waals surface area contributed by atoms with Crippen molar-refractivity contribution in [1.29, 1.82) is 0 Å². The van der Waals surface area contributed by atoms with Gasteiger partial charge in [0.25, 0.3) is 0 Å². The molecular formula is C8H8NO3. The molecular weight excluding hydrogens is 158 g/mol. The molecule has 1 N–H and O–H groups in total. The third-order valence-corrected chi connectivity index (χ3v) is 1.42. The fourth-order valence-corrected chi connectivity index (χ4v) is 0.792. The van der Waals surface area contributed by atoms with Crippen molar-refractivity contribution in [2.75, 3.05) is 12.6 Å². The Balaban J connectivity index is 2.84. The quantitative estimate of drug-likeness (QED) is 0.531. The van der Waals surface area contributed by atoms with Crippen molar-refractivity contribution in [1.82, 2.24) is 0 Å². The average molecular weight is 166 g/mol. The van der Waals surface area contributed by atoms with E-state index in [0.717, 1.165) is 0 Å². The molecule has 4 heteroatoms. The molecule has 1 aromatic carbocycles. The Morgan fingerprint density at radius 1 is 1.33 bits per heavy atom. The molecule has 0 bridgehead atoms. The Morgan fingerprint density at radius 2 is 1.92 bits per heavy atom. The maximum atomic E-state index is 10.9. The summed E-state index contributed by atoms with van der Waals surface area (Å²) in [6.07, 6.45) is 0. The second-order valence-corrected chi connectivity index (χ2v) is 2.17. The van der Waals surface area contributed by atoms with E-state index in [9.17, 15) is 10.0 Å². The van der Waals surface area contributed by atoms with E-state index in [1.807, 2.05) is 0 Å². The van der Waals surface area contributed by atoms with Gasteiger partial charge in [-0.05, 0) is 24.3 Å². The summed E-state index contributed by atoms with van der Waals surface area (Å²) in [4.78, 5) is 10.9. The van der Waals surface area contributed by atoms with Crippen LogP contribution in [0.15, 0.2) is 24.3 Å². The van der Waals surface area contributed by atoms with Crippen molar-refractivity contribution in [2.45, 2.75) is 0 Å². The molecule has 0 fully saturated rings. The first-order chi connectivity index (χ1) is 5.77. The Labute approximate surface area is 69.7 Å². The summed E-state index contributed by atoms with van der Waals surface area (Å²) in [7, 11) is 1.31. The van der Waals surface area contributed by atoms with Crippen molar-refractivity contribution < 1.29 is 14.7 Å². The number of carbonyl (C=O) groups excluding carboxylic acids is 1. The number of hydrogen-bond acceptors (Lipinski definition) is 3. The van der Waals surface area contributed by atoms with Crippen LogP contribution in [0.25, 0.3) is 0 Å². The van der Waals surface area contributed by atoms with Crippen LogP contribution in [0.2, 0.25) is 0 Å². The van der Waals surface area contributed by atoms with E-state index in [2.05, 4.69) is 4.74 Å². The summed E-state index contributed by atoms with van der Waals surface area (Å²) in [6, 6.07) is 6.07. The van der Waals surface area contributed by atoms with Crippen LogP contribution in [0, 0.1) is 0 Å². The van der Waals surface area contributed by atoms with Crippen molar-refractivity contribution in [3.05, 3.63) is 29.8 Å². The van der Waals surface area contributed by atoms with Gasteiger partial charge in [-0.1, -0.05) is 5.21 Å². The van der Waals surface area contributed by atoms with Gasteiger partial charge < -0.3 is 4.74 Å². The van der Waals surface area contributed by atoms with E-state index in [-0.39, 0.29) is 0 Å². The first kappa shape index (κ1) is 8.55. The van der Waals surface area contributed by atoms with Gasteiger partial charge in [0.2, 0.25) is 0 Å². The van der Waals surface area contributed by atoms with Gasteiger partial charge in [-0.3, -0.25) is 0 Å². The van der Waals surface area contributed by atoms with E-state index in [1.54, 1.807) is 5.48 Å². The molecule has 4 nitrogen and oxygen atoms in total. The number of esters is 1. The number of rotatable bonds is 2. The Hall–Kier alpha value is -1.55. The second kappa shape index (κ2) is 3.73. The topological polar surface area (TPSA) is 58.2 Å². The molecule has 0 amide bonds. The predicted octanol–water partition coefficient (Wildman–Crippen LogP) is 1.23. The molecule has 0 aliphatic rings. The molecule has 0 saturated heterocycles.